The minimum atomic E-state index is 0.725. The summed E-state index contributed by atoms with van der Waals surface area (Å²) < 4.78 is 1.05. The van der Waals surface area contributed by atoms with Crippen molar-refractivity contribution in [1.29, 1.82) is 0 Å². The van der Waals surface area contributed by atoms with Crippen molar-refractivity contribution >= 4 is 37.5 Å². The van der Waals surface area contributed by atoms with E-state index in [0.717, 1.165) is 38.4 Å². The van der Waals surface area contributed by atoms with Crippen LogP contribution in [0.1, 0.15) is 0 Å². The predicted octanol–water partition coefficient (Wildman–Crippen LogP) is 8.55. The van der Waals surface area contributed by atoms with Gasteiger partial charge in [-0.3, -0.25) is 0 Å². The summed E-state index contributed by atoms with van der Waals surface area (Å²) in [6.07, 6.45) is 0. The van der Waals surface area contributed by atoms with E-state index in [1.807, 2.05) is 30.3 Å². The molecular formula is C30H19BrN2. The summed E-state index contributed by atoms with van der Waals surface area (Å²) in [4.78, 5) is 10.00. The third kappa shape index (κ3) is 3.71. The molecule has 0 N–H and O–H groups in total. The minimum absolute atomic E-state index is 0.725. The van der Waals surface area contributed by atoms with E-state index < -0.39 is 0 Å². The van der Waals surface area contributed by atoms with Crippen molar-refractivity contribution in [2.75, 3.05) is 0 Å². The molecular weight excluding hydrogens is 468 g/mol. The molecule has 156 valence electrons. The SMILES string of the molecule is Brc1ccc(-c2cc(-c3cc4ccccc4c4ccccc34)nc(-c3ccccc3)n2)cc1. The summed E-state index contributed by atoms with van der Waals surface area (Å²) in [5.74, 6) is 0.725. The highest BCUT2D eigenvalue weighted by molar-refractivity contribution is 9.10. The topological polar surface area (TPSA) is 25.8 Å². The van der Waals surface area contributed by atoms with E-state index in [4.69, 9.17) is 9.97 Å². The van der Waals surface area contributed by atoms with Crippen LogP contribution in [0.2, 0.25) is 0 Å². The Morgan fingerprint density at radius 3 is 1.91 bits per heavy atom. The number of hydrogen-bond acceptors (Lipinski definition) is 2. The largest absolute Gasteiger partial charge is 0.228 e. The number of aromatic nitrogens is 2. The Balaban J connectivity index is 1.66. The molecule has 33 heavy (non-hydrogen) atoms. The number of hydrogen-bond donors (Lipinski definition) is 0. The van der Waals surface area contributed by atoms with Crippen LogP contribution in [0, 0.1) is 0 Å². The maximum Gasteiger partial charge on any atom is 0.160 e. The molecule has 0 aliphatic carbocycles. The zero-order chi connectivity index (χ0) is 22.2. The van der Waals surface area contributed by atoms with Crippen LogP contribution < -0.4 is 0 Å². The molecule has 1 aromatic heterocycles. The van der Waals surface area contributed by atoms with Crippen molar-refractivity contribution in [3.8, 4) is 33.9 Å². The molecule has 0 aliphatic heterocycles. The fourth-order valence-corrected chi connectivity index (χ4v) is 4.60. The van der Waals surface area contributed by atoms with Gasteiger partial charge in [-0.25, -0.2) is 9.97 Å². The number of nitrogens with zero attached hydrogens (tertiary/aromatic N) is 2. The van der Waals surface area contributed by atoms with Crippen molar-refractivity contribution in [2.45, 2.75) is 0 Å². The summed E-state index contributed by atoms with van der Waals surface area (Å²) in [6, 6.07) is 39.9. The Labute approximate surface area is 200 Å². The summed E-state index contributed by atoms with van der Waals surface area (Å²) in [5, 5.41) is 4.88. The predicted molar refractivity (Wildman–Crippen MR) is 141 cm³/mol. The van der Waals surface area contributed by atoms with Crippen molar-refractivity contribution in [3.05, 3.63) is 120 Å². The van der Waals surface area contributed by atoms with Crippen LogP contribution in [0.15, 0.2) is 120 Å². The van der Waals surface area contributed by atoms with E-state index in [0.29, 0.717) is 0 Å². The molecule has 3 heteroatoms. The molecule has 0 amide bonds. The van der Waals surface area contributed by atoms with Crippen LogP contribution in [0.5, 0.6) is 0 Å². The van der Waals surface area contributed by atoms with Gasteiger partial charge in [0.05, 0.1) is 11.4 Å². The van der Waals surface area contributed by atoms with Gasteiger partial charge >= 0.3 is 0 Å². The average molecular weight is 487 g/mol. The van der Waals surface area contributed by atoms with Gasteiger partial charge < -0.3 is 0 Å². The van der Waals surface area contributed by atoms with Crippen LogP contribution in [-0.4, -0.2) is 9.97 Å². The highest BCUT2D eigenvalue weighted by Crippen LogP contribution is 2.36. The van der Waals surface area contributed by atoms with Crippen LogP contribution in [0.4, 0.5) is 0 Å². The standard InChI is InChI=1S/C30H19BrN2/c31-23-16-14-20(15-17-23)28-19-29(33-30(32-28)21-8-2-1-3-9-21)27-18-22-10-4-5-11-24(22)25-12-6-7-13-26(25)27/h1-19H. The second-order valence-corrected chi connectivity index (χ2v) is 8.94. The van der Waals surface area contributed by atoms with Gasteiger partial charge in [-0.2, -0.15) is 0 Å². The molecule has 0 aliphatic rings. The summed E-state index contributed by atoms with van der Waals surface area (Å²) >= 11 is 3.54. The monoisotopic (exact) mass is 486 g/mol. The lowest BCUT2D eigenvalue weighted by atomic mass is 9.95. The van der Waals surface area contributed by atoms with Crippen LogP contribution in [0.25, 0.3) is 55.4 Å². The third-order valence-electron chi connectivity index (χ3n) is 5.94. The van der Waals surface area contributed by atoms with Crippen LogP contribution in [-0.2, 0) is 0 Å². The Kier molecular flexibility index (Phi) is 4.97. The van der Waals surface area contributed by atoms with Crippen molar-refractivity contribution in [3.63, 3.8) is 0 Å². The third-order valence-corrected chi connectivity index (χ3v) is 6.47. The van der Waals surface area contributed by atoms with E-state index in [-0.39, 0.29) is 0 Å². The Hall–Kier alpha value is -3.82. The highest BCUT2D eigenvalue weighted by atomic mass is 79.9. The number of fused-ring (bicyclic) bond motifs is 3. The van der Waals surface area contributed by atoms with Crippen LogP contribution >= 0.6 is 15.9 Å². The lowest BCUT2D eigenvalue weighted by molar-refractivity contribution is 1.18. The maximum absolute atomic E-state index is 5.05. The lowest BCUT2D eigenvalue weighted by Crippen LogP contribution is -1.96. The van der Waals surface area contributed by atoms with Gasteiger partial charge in [0.15, 0.2) is 5.82 Å². The molecule has 2 nitrogen and oxygen atoms in total. The molecule has 0 unspecified atom stereocenters. The number of benzene rings is 5. The first-order valence-corrected chi connectivity index (χ1v) is 11.7. The summed E-state index contributed by atoms with van der Waals surface area (Å²) in [5.41, 5.74) is 5.00. The second-order valence-electron chi connectivity index (χ2n) is 8.03. The first kappa shape index (κ1) is 19.8. The molecule has 0 saturated carbocycles. The van der Waals surface area contributed by atoms with Crippen LogP contribution in [0.3, 0.4) is 0 Å². The van der Waals surface area contributed by atoms with Crippen molar-refractivity contribution in [2.24, 2.45) is 0 Å². The van der Waals surface area contributed by atoms with Gasteiger partial charge in [-0.05, 0) is 45.8 Å². The van der Waals surface area contributed by atoms with Gasteiger partial charge in [-0.15, -0.1) is 0 Å². The lowest BCUT2D eigenvalue weighted by Gasteiger charge is -2.13. The van der Waals surface area contributed by atoms with E-state index >= 15 is 0 Å². The first-order valence-electron chi connectivity index (χ1n) is 10.9. The normalized spacial score (nSPS) is 11.2. The molecule has 0 spiro atoms. The quantitative estimate of drug-likeness (QED) is 0.234. The molecule has 6 aromatic rings. The van der Waals surface area contributed by atoms with Gasteiger partial charge in [0.2, 0.25) is 0 Å². The molecule has 0 bridgehead atoms. The van der Waals surface area contributed by atoms with E-state index in [1.165, 1.54) is 21.5 Å². The van der Waals surface area contributed by atoms with Crippen molar-refractivity contribution in [1.82, 2.24) is 9.97 Å². The zero-order valence-corrected chi connectivity index (χ0v) is 19.3. The Morgan fingerprint density at radius 2 is 1.12 bits per heavy atom. The molecule has 0 saturated heterocycles. The molecule has 5 aromatic carbocycles. The second kappa shape index (κ2) is 8.27. The van der Waals surface area contributed by atoms with Gasteiger partial charge in [0.1, 0.15) is 0 Å². The summed E-state index contributed by atoms with van der Waals surface area (Å²) in [6.45, 7) is 0. The smallest absolute Gasteiger partial charge is 0.160 e. The van der Waals surface area contributed by atoms with Gasteiger partial charge in [-0.1, -0.05) is 107 Å². The summed E-state index contributed by atoms with van der Waals surface area (Å²) in [7, 11) is 0. The van der Waals surface area contributed by atoms with E-state index in [2.05, 4.69) is 101 Å². The Bertz CT molecular complexity index is 1610. The molecule has 0 fully saturated rings. The van der Waals surface area contributed by atoms with Gasteiger partial charge in [0.25, 0.3) is 0 Å². The first-order chi connectivity index (χ1) is 16.3. The minimum Gasteiger partial charge on any atom is -0.228 e. The molecule has 0 radical (unpaired) electrons. The Morgan fingerprint density at radius 1 is 0.485 bits per heavy atom. The maximum atomic E-state index is 5.05. The van der Waals surface area contributed by atoms with E-state index in [9.17, 15) is 0 Å². The van der Waals surface area contributed by atoms with Crippen molar-refractivity contribution < 1.29 is 0 Å². The highest BCUT2D eigenvalue weighted by Gasteiger charge is 2.14. The molecule has 0 atom stereocenters. The molecule has 1 heterocycles. The van der Waals surface area contributed by atoms with Gasteiger partial charge in [0, 0.05) is 21.2 Å². The van der Waals surface area contributed by atoms with E-state index in [1.54, 1.807) is 0 Å². The number of rotatable bonds is 3. The number of halogens is 1. The molecule has 6 rings (SSSR count). The zero-order valence-electron chi connectivity index (χ0n) is 17.7. The average Bonchev–Trinajstić information content (AvgIpc) is 2.89. The fraction of sp³-hybridized carbons (Fsp3) is 0. The fourth-order valence-electron chi connectivity index (χ4n) is 4.34.